The van der Waals surface area contributed by atoms with Crippen molar-refractivity contribution in [1.29, 1.82) is 0 Å². The number of ether oxygens (including phenoxy) is 1. The van der Waals surface area contributed by atoms with Crippen LogP contribution in [0, 0.1) is 0 Å². The molecule has 86 valence electrons. The molecule has 0 saturated heterocycles. The van der Waals surface area contributed by atoms with Gasteiger partial charge in [0.05, 0.1) is 12.1 Å². The van der Waals surface area contributed by atoms with Crippen molar-refractivity contribution < 1.29 is 4.74 Å². The largest absolute Gasteiger partial charge is 0.379 e. The molecule has 1 rings (SSSR count). The fraction of sp³-hybridized carbons (Fsp3) is 0.889. The smallest absolute Gasteiger partial charge is 0.188 e. The highest BCUT2D eigenvalue weighted by molar-refractivity contribution is 4.79. The highest BCUT2D eigenvalue weighted by Gasteiger charge is 2.19. The molecule has 6 heteroatoms. The first-order valence-electron chi connectivity index (χ1n) is 5.04. The quantitative estimate of drug-likeness (QED) is 0.719. The van der Waals surface area contributed by atoms with Crippen LogP contribution < -0.4 is 5.32 Å². The highest BCUT2D eigenvalue weighted by Crippen LogP contribution is 2.15. The molecule has 1 aromatic heterocycles. The number of H-pyrrole nitrogens is 1. The summed E-state index contributed by atoms with van der Waals surface area (Å²) in [4.78, 5) is 0. The number of hydrogen-bond acceptors (Lipinski definition) is 5. The van der Waals surface area contributed by atoms with Crippen LogP contribution in [0.25, 0.3) is 0 Å². The van der Waals surface area contributed by atoms with E-state index in [1.807, 2.05) is 0 Å². The predicted octanol–water partition coefficient (Wildman–Crippen LogP) is 0.493. The van der Waals surface area contributed by atoms with Crippen LogP contribution in [0.4, 0.5) is 0 Å². The number of rotatable bonds is 6. The minimum atomic E-state index is -0.107. The van der Waals surface area contributed by atoms with Crippen LogP contribution >= 0.6 is 0 Å². The van der Waals surface area contributed by atoms with Crippen LogP contribution in [0.5, 0.6) is 0 Å². The van der Waals surface area contributed by atoms with E-state index in [0.717, 1.165) is 6.42 Å². The van der Waals surface area contributed by atoms with E-state index >= 15 is 0 Å². The minimum Gasteiger partial charge on any atom is -0.379 e. The van der Waals surface area contributed by atoms with Gasteiger partial charge in [0.2, 0.25) is 0 Å². The molecule has 0 bridgehead atoms. The third-order valence-corrected chi connectivity index (χ3v) is 2.35. The maximum Gasteiger partial charge on any atom is 0.188 e. The Morgan fingerprint density at radius 1 is 1.53 bits per heavy atom. The van der Waals surface area contributed by atoms with E-state index in [4.69, 9.17) is 4.74 Å². The Bertz CT molecular complexity index is 272. The Labute approximate surface area is 89.8 Å². The van der Waals surface area contributed by atoms with Gasteiger partial charge >= 0.3 is 0 Å². The maximum absolute atomic E-state index is 5.36. The van der Waals surface area contributed by atoms with Crippen molar-refractivity contribution in [2.45, 2.75) is 45.4 Å². The molecule has 1 unspecified atom stereocenters. The van der Waals surface area contributed by atoms with Crippen molar-refractivity contribution in [3.05, 3.63) is 5.82 Å². The normalized spacial score (nSPS) is 14.1. The van der Waals surface area contributed by atoms with E-state index < -0.39 is 0 Å². The summed E-state index contributed by atoms with van der Waals surface area (Å²) in [6.45, 7) is 6.87. The van der Waals surface area contributed by atoms with Crippen LogP contribution in [0.2, 0.25) is 0 Å². The van der Waals surface area contributed by atoms with E-state index in [2.05, 4.69) is 46.7 Å². The van der Waals surface area contributed by atoms with Crippen molar-refractivity contribution in [2.24, 2.45) is 0 Å². The Morgan fingerprint density at radius 3 is 2.80 bits per heavy atom. The van der Waals surface area contributed by atoms with Crippen LogP contribution in [0.3, 0.4) is 0 Å². The SMILES string of the molecule is COC(C)(C)CC(C)NCc1nn[nH]n1. The van der Waals surface area contributed by atoms with Crippen molar-refractivity contribution >= 4 is 0 Å². The monoisotopic (exact) mass is 213 g/mol. The van der Waals surface area contributed by atoms with E-state index in [-0.39, 0.29) is 5.60 Å². The topological polar surface area (TPSA) is 75.7 Å². The first-order valence-corrected chi connectivity index (χ1v) is 5.04. The predicted molar refractivity (Wildman–Crippen MR) is 56.2 cm³/mol. The standard InChI is InChI=1S/C9H19N5O/c1-7(5-9(2,3)15-4)10-6-8-11-13-14-12-8/h7,10H,5-6H2,1-4H3,(H,11,12,13,14). The third-order valence-electron chi connectivity index (χ3n) is 2.35. The molecule has 0 aromatic carbocycles. The van der Waals surface area contributed by atoms with Gasteiger partial charge in [-0.05, 0) is 27.2 Å². The molecule has 0 amide bonds. The second-order valence-corrected chi connectivity index (χ2v) is 4.28. The number of nitrogens with zero attached hydrogens (tertiary/aromatic N) is 3. The molecule has 6 nitrogen and oxygen atoms in total. The summed E-state index contributed by atoms with van der Waals surface area (Å²) in [7, 11) is 1.73. The van der Waals surface area contributed by atoms with Gasteiger partial charge in [-0.1, -0.05) is 5.21 Å². The number of aromatic amines is 1. The maximum atomic E-state index is 5.36. The molecule has 2 N–H and O–H groups in total. The summed E-state index contributed by atoms with van der Waals surface area (Å²) in [5.41, 5.74) is -0.107. The lowest BCUT2D eigenvalue weighted by Gasteiger charge is -2.26. The van der Waals surface area contributed by atoms with E-state index in [1.54, 1.807) is 7.11 Å². The van der Waals surface area contributed by atoms with Crippen molar-refractivity contribution in [3.63, 3.8) is 0 Å². The van der Waals surface area contributed by atoms with E-state index in [1.165, 1.54) is 0 Å². The van der Waals surface area contributed by atoms with Gasteiger partial charge in [0, 0.05) is 13.2 Å². The second kappa shape index (κ2) is 5.18. The molecular formula is C9H19N5O. The lowest BCUT2D eigenvalue weighted by atomic mass is 10.00. The molecule has 0 aliphatic carbocycles. The van der Waals surface area contributed by atoms with Gasteiger partial charge in [-0.15, -0.1) is 10.2 Å². The molecule has 0 aliphatic rings. The van der Waals surface area contributed by atoms with Crippen molar-refractivity contribution in [3.8, 4) is 0 Å². The van der Waals surface area contributed by atoms with Gasteiger partial charge < -0.3 is 10.1 Å². The van der Waals surface area contributed by atoms with Gasteiger partial charge in [0.1, 0.15) is 0 Å². The summed E-state index contributed by atoms with van der Waals surface area (Å²) in [5, 5.41) is 16.9. The zero-order valence-corrected chi connectivity index (χ0v) is 9.74. The highest BCUT2D eigenvalue weighted by atomic mass is 16.5. The number of hydrogen-bond donors (Lipinski definition) is 2. The van der Waals surface area contributed by atoms with Crippen LogP contribution in [-0.4, -0.2) is 39.4 Å². The van der Waals surface area contributed by atoms with Gasteiger partial charge in [-0.2, -0.15) is 5.21 Å². The number of nitrogens with one attached hydrogen (secondary N) is 2. The van der Waals surface area contributed by atoms with Gasteiger partial charge in [-0.25, -0.2) is 0 Å². The Kier molecular flexibility index (Phi) is 4.16. The molecule has 0 spiro atoms. The van der Waals surface area contributed by atoms with Crippen LogP contribution in [-0.2, 0) is 11.3 Å². The molecular weight excluding hydrogens is 194 g/mol. The lowest BCUT2D eigenvalue weighted by Crippen LogP contribution is -2.35. The fourth-order valence-corrected chi connectivity index (χ4v) is 1.42. The van der Waals surface area contributed by atoms with Crippen LogP contribution in [0.1, 0.15) is 33.0 Å². The Hall–Kier alpha value is -1.01. The van der Waals surface area contributed by atoms with E-state index in [0.29, 0.717) is 18.4 Å². The molecule has 1 aromatic rings. The zero-order valence-electron chi connectivity index (χ0n) is 9.74. The number of tetrazole rings is 1. The fourth-order valence-electron chi connectivity index (χ4n) is 1.42. The molecule has 0 saturated carbocycles. The summed E-state index contributed by atoms with van der Waals surface area (Å²) < 4.78 is 5.36. The molecule has 0 fully saturated rings. The Balaban J connectivity index is 2.27. The average Bonchev–Trinajstić information content (AvgIpc) is 2.66. The Morgan fingerprint density at radius 2 is 2.27 bits per heavy atom. The molecule has 1 atom stereocenters. The number of aromatic nitrogens is 4. The first-order chi connectivity index (χ1) is 7.03. The summed E-state index contributed by atoms with van der Waals surface area (Å²) in [6.07, 6.45) is 0.932. The first kappa shape index (κ1) is 12.1. The van der Waals surface area contributed by atoms with Crippen molar-refractivity contribution in [1.82, 2.24) is 25.9 Å². The lowest BCUT2D eigenvalue weighted by molar-refractivity contribution is 0.00839. The number of methoxy groups -OCH3 is 1. The average molecular weight is 213 g/mol. The van der Waals surface area contributed by atoms with Gasteiger partial charge in [0.15, 0.2) is 5.82 Å². The molecule has 1 heterocycles. The summed E-state index contributed by atoms with van der Waals surface area (Å²) in [5.74, 6) is 0.678. The summed E-state index contributed by atoms with van der Waals surface area (Å²) in [6, 6.07) is 0.346. The second-order valence-electron chi connectivity index (χ2n) is 4.28. The molecule has 0 radical (unpaired) electrons. The third kappa shape index (κ3) is 4.35. The van der Waals surface area contributed by atoms with Crippen molar-refractivity contribution in [2.75, 3.05) is 7.11 Å². The molecule has 0 aliphatic heterocycles. The zero-order chi connectivity index (χ0) is 11.3. The van der Waals surface area contributed by atoms with Gasteiger partial charge in [-0.3, -0.25) is 0 Å². The minimum absolute atomic E-state index is 0.107. The van der Waals surface area contributed by atoms with Crippen LogP contribution in [0.15, 0.2) is 0 Å². The van der Waals surface area contributed by atoms with Gasteiger partial charge in [0.25, 0.3) is 0 Å². The van der Waals surface area contributed by atoms with E-state index in [9.17, 15) is 0 Å². The summed E-state index contributed by atoms with van der Waals surface area (Å²) >= 11 is 0. The molecule has 15 heavy (non-hydrogen) atoms.